The Morgan fingerprint density at radius 2 is 1.00 bits per heavy atom. The molecule has 0 unspecified atom stereocenters. The van der Waals surface area contributed by atoms with Crippen molar-refractivity contribution in [2.75, 3.05) is 0 Å². The Kier molecular flexibility index (Phi) is 4.55. The van der Waals surface area contributed by atoms with Gasteiger partial charge in [0.05, 0.1) is 11.0 Å². The molecule has 0 saturated heterocycles. The van der Waals surface area contributed by atoms with Gasteiger partial charge in [0, 0.05) is 27.2 Å². The fraction of sp³-hybridized carbons (Fsp3) is 0. The minimum Gasteiger partial charge on any atom is -0.456 e. The van der Waals surface area contributed by atoms with Crippen LogP contribution in [0.15, 0.2) is 144 Å². The normalized spacial score (nSPS) is 11.7. The molecule has 38 heavy (non-hydrogen) atoms. The van der Waals surface area contributed by atoms with Crippen LogP contribution in [0, 0.1) is 0 Å². The van der Waals surface area contributed by atoms with Gasteiger partial charge in [-0.1, -0.05) is 97.1 Å². The number of aromatic nitrogens is 1. The molecule has 0 aliphatic heterocycles. The third-order valence-electron chi connectivity index (χ3n) is 7.59. The molecule has 8 aromatic rings. The first-order valence-corrected chi connectivity index (χ1v) is 12.9. The minimum absolute atomic E-state index is 0.919. The van der Waals surface area contributed by atoms with Crippen molar-refractivity contribution < 1.29 is 4.42 Å². The van der Waals surface area contributed by atoms with Gasteiger partial charge in [-0.05, 0) is 64.7 Å². The molecule has 0 spiro atoms. The summed E-state index contributed by atoms with van der Waals surface area (Å²) in [6.45, 7) is 0. The van der Waals surface area contributed by atoms with Crippen LogP contribution in [-0.2, 0) is 0 Å². The molecular formula is C36H23NO. The molecule has 8 rings (SSSR count). The van der Waals surface area contributed by atoms with Crippen molar-refractivity contribution in [1.82, 2.24) is 4.57 Å². The van der Waals surface area contributed by atoms with E-state index in [4.69, 9.17) is 4.42 Å². The van der Waals surface area contributed by atoms with Crippen LogP contribution in [0.2, 0.25) is 0 Å². The fourth-order valence-electron chi connectivity index (χ4n) is 5.91. The summed E-state index contributed by atoms with van der Waals surface area (Å²) in [6.07, 6.45) is 0. The summed E-state index contributed by atoms with van der Waals surface area (Å²) in [5.74, 6) is 0. The third kappa shape index (κ3) is 3.14. The highest BCUT2D eigenvalue weighted by Crippen LogP contribution is 2.38. The maximum atomic E-state index is 6.15. The number of hydrogen-bond acceptors (Lipinski definition) is 1. The second kappa shape index (κ2) is 8.22. The van der Waals surface area contributed by atoms with Crippen molar-refractivity contribution in [3.05, 3.63) is 140 Å². The van der Waals surface area contributed by atoms with Gasteiger partial charge in [-0.25, -0.2) is 0 Å². The first-order valence-electron chi connectivity index (χ1n) is 12.9. The van der Waals surface area contributed by atoms with Gasteiger partial charge in [0.1, 0.15) is 11.2 Å². The van der Waals surface area contributed by atoms with Crippen LogP contribution in [0.1, 0.15) is 0 Å². The van der Waals surface area contributed by atoms with Crippen LogP contribution in [-0.4, -0.2) is 4.57 Å². The molecule has 6 aromatic carbocycles. The molecule has 2 nitrogen and oxygen atoms in total. The number of hydrogen-bond donors (Lipinski definition) is 0. The van der Waals surface area contributed by atoms with Crippen molar-refractivity contribution in [3.8, 4) is 27.9 Å². The van der Waals surface area contributed by atoms with E-state index >= 15 is 0 Å². The molecular weight excluding hydrogens is 462 g/mol. The molecule has 0 saturated carbocycles. The first-order chi connectivity index (χ1) is 18.8. The zero-order chi connectivity index (χ0) is 25.1. The summed E-state index contributed by atoms with van der Waals surface area (Å²) in [6, 6.07) is 49.6. The van der Waals surface area contributed by atoms with E-state index < -0.39 is 0 Å². The van der Waals surface area contributed by atoms with Gasteiger partial charge < -0.3 is 8.98 Å². The first kappa shape index (κ1) is 21.0. The van der Waals surface area contributed by atoms with Crippen LogP contribution >= 0.6 is 0 Å². The van der Waals surface area contributed by atoms with E-state index in [1.165, 1.54) is 49.4 Å². The van der Waals surface area contributed by atoms with Crippen molar-refractivity contribution >= 4 is 43.7 Å². The van der Waals surface area contributed by atoms with Gasteiger partial charge in [-0.3, -0.25) is 0 Å². The third-order valence-corrected chi connectivity index (χ3v) is 7.59. The van der Waals surface area contributed by atoms with Crippen molar-refractivity contribution in [2.24, 2.45) is 0 Å². The van der Waals surface area contributed by atoms with Crippen LogP contribution in [0.4, 0.5) is 0 Å². The molecule has 0 bridgehead atoms. The molecule has 2 aromatic heterocycles. The number of rotatable bonds is 3. The van der Waals surface area contributed by atoms with E-state index in [1.54, 1.807) is 0 Å². The van der Waals surface area contributed by atoms with E-state index in [9.17, 15) is 0 Å². The van der Waals surface area contributed by atoms with E-state index in [1.807, 2.05) is 12.1 Å². The number of fused-ring (bicyclic) bond motifs is 6. The molecule has 0 fully saturated rings. The summed E-state index contributed by atoms with van der Waals surface area (Å²) < 4.78 is 8.53. The average Bonchev–Trinajstić information content (AvgIpc) is 3.53. The lowest BCUT2D eigenvalue weighted by Crippen LogP contribution is -1.94. The zero-order valence-corrected chi connectivity index (χ0v) is 20.6. The second-order valence-electron chi connectivity index (χ2n) is 9.78. The molecule has 0 aliphatic rings. The smallest absolute Gasteiger partial charge is 0.136 e. The standard InChI is InChI=1S/C36H23NO/c1-4-18-32-29(14-1)30-15-2-5-19-33(30)37(32)27-13-8-11-25(23-27)24-10-7-12-26(22-24)28-17-9-21-35-36(28)31-16-3-6-20-34(31)38-35/h1-23H. The van der Waals surface area contributed by atoms with E-state index in [0.717, 1.165) is 22.2 Å². The zero-order valence-electron chi connectivity index (χ0n) is 20.6. The molecule has 0 aliphatic carbocycles. The van der Waals surface area contributed by atoms with Crippen LogP contribution < -0.4 is 0 Å². The summed E-state index contributed by atoms with van der Waals surface area (Å²) in [7, 11) is 0. The number of para-hydroxylation sites is 3. The van der Waals surface area contributed by atoms with E-state index in [-0.39, 0.29) is 0 Å². The Morgan fingerprint density at radius 3 is 1.79 bits per heavy atom. The highest BCUT2D eigenvalue weighted by molar-refractivity contribution is 6.12. The Hall–Kier alpha value is -5.08. The molecule has 2 heteroatoms. The highest BCUT2D eigenvalue weighted by atomic mass is 16.3. The summed E-state index contributed by atoms with van der Waals surface area (Å²) in [5.41, 5.74) is 10.2. The van der Waals surface area contributed by atoms with Crippen LogP contribution in [0.3, 0.4) is 0 Å². The summed E-state index contributed by atoms with van der Waals surface area (Å²) in [4.78, 5) is 0. The summed E-state index contributed by atoms with van der Waals surface area (Å²) >= 11 is 0. The predicted molar refractivity (Wildman–Crippen MR) is 159 cm³/mol. The second-order valence-corrected chi connectivity index (χ2v) is 9.78. The van der Waals surface area contributed by atoms with Gasteiger partial charge in [-0.2, -0.15) is 0 Å². The Bertz CT molecular complexity index is 2090. The van der Waals surface area contributed by atoms with Gasteiger partial charge in [0.25, 0.3) is 0 Å². The van der Waals surface area contributed by atoms with E-state index in [0.29, 0.717) is 0 Å². The maximum Gasteiger partial charge on any atom is 0.136 e. The van der Waals surface area contributed by atoms with Crippen molar-refractivity contribution in [2.45, 2.75) is 0 Å². The summed E-state index contributed by atoms with van der Waals surface area (Å²) in [5, 5.41) is 4.86. The Balaban J connectivity index is 1.30. The largest absolute Gasteiger partial charge is 0.456 e. The highest BCUT2D eigenvalue weighted by Gasteiger charge is 2.14. The molecule has 0 radical (unpaired) electrons. The van der Waals surface area contributed by atoms with Crippen molar-refractivity contribution in [3.63, 3.8) is 0 Å². The lowest BCUT2D eigenvalue weighted by molar-refractivity contribution is 0.669. The molecule has 0 N–H and O–H groups in total. The van der Waals surface area contributed by atoms with Gasteiger partial charge in [0.15, 0.2) is 0 Å². The fourth-order valence-corrected chi connectivity index (χ4v) is 5.91. The predicted octanol–water partition coefficient (Wildman–Crippen LogP) is 10.0. The Labute approximate surface area is 220 Å². The lowest BCUT2D eigenvalue weighted by atomic mass is 9.96. The topological polar surface area (TPSA) is 18.1 Å². The maximum absolute atomic E-state index is 6.15. The average molecular weight is 486 g/mol. The minimum atomic E-state index is 0.919. The van der Waals surface area contributed by atoms with Gasteiger partial charge in [0.2, 0.25) is 0 Å². The van der Waals surface area contributed by atoms with Gasteiger partial charge in [-0.15, -0.1) is 0 Å². The van der Waals surface area contributed by atoms with Gasteiger partial charge >= 0.3 is 0 Å². The van der Waals surface area contributed by atoms with Crippen LogP contribution in [0.25, 0.3) is 71.7 Å². The van der Waals surface area contributed by atoms with E-state index in [2.05, 4.69) is 132 Å². The number of furan rings is 1. The molecule has 0 amide bonds. The number of nitrogens with zero attached hydrogens (tertiary/aromatic N) is 1. The van der Waals surface area contributed by atoms with Crippen molar-refractivity contribution in [1.29, 1.82) is 0 Å². The molecule has 0 atom stereocenters. The SMILES string of the molecule is c1cc(-c2cccc(-n3c4ccccc4c4ccccc43)c2)cc(-c2cccc3oc4ccccc4c23)c1. The molecule has 2 heterocycles. The molecule has 178 valence electrons. The Morgan fingerprint density at radius 1 is 0.421 bits per heavy atom. The van der Waals surface area contributed by atoms with Crippen LogP contribution in [0.5, 0.6) is 0 Å². The lowest BCUT2D eigenvalue weighted by Gasteiger charge is -2.11. The quantitative estimate of drug-likeness (QED) is 0.243. The monoisotopic (exact) mass is 485 g/mol. The number of benzene rings is 6.